The second-order valence-corrected chi connectivity index (χ2v) is 4.68. The van der Waals surface area contributed by atoms with Gasteiger partial charge in [-0.15, -0.1) is 0 Å². The molecule has 20 heavy (non-hydrogen) atoms. The molecule has 2 rings (SSSR count). The van der Waals surface area contributed by atoms with E-state index in [1.165, 1.54) is 6.07 Å². The summed E-state index contributed by atoms with van der Waals surface area (Å²) < 4.78 is 0. The van der Waals surface area contributed by atoms with E-state index in [-0.39, 0.29) is 11.5 Å². The van der Waals surface area contributed by atoms with Gasteiger partial charge in [-0.05, 0) is 36.8 Å². The van der Waals surface area contributed by atoms with Crippen LogP contribution < -0.4 is 5.32 Å². The maximum Gasteiger partial charge on any atom is 0.336 e. The fraction of sp³-hybridized carbons (Fsp3) is 0.0667. The van der Waals surface area contributed by atoms with Crippen LogP contribution in [-0.2, 0) is 0 Å². The molecule has 2 aromatic rings. The monoisotopic (exact) mass is 289 g/mol. The third-order valence-corrected chi connectivity index (χ3v) is 3.17. The number of nitrogens with one attached hydrogen (secondary N) is 1. The topological polar surface area (TPSA) is 66.4 Å². The zero-order valence-electron chi connectivity index (χ0n) is 10.7. The molecule has 2 N–H and O–H groups in total. The first kappa shape index (κ1) is 14.1. The summed E-state index contributed by atoms with van der Waals surface area (Å²) in [7, 11) is 0. The van der Waals surface area contributed by atoms with Gasteiger partial charge in [-0.3, -0.25) is 4.79 Å². The summed E-state index contributed by atoms with van der Waals surface area (Å²) in [6.07, 6.45) is 0. The summed E-state index contributed by atoms with van der Waals surface area (Å²) in [5.74, 6) is -1.41. The Labute approximate surface area is 121 Å². The highest BCUT2D eigenvalue weighted by Crippen LogP contribution is 2.19. The number of benzene rings is 2. The number of carbonyl (C=O) groups is 2. The Hall–Kier alpha value is -2.33. The van der Waals surface area contributed by atoms with Crippen LogP contribution in [0.15, 0.2) is 42.5 Å². The summed E-state index contributed by atoms with van der Waals surface area (Å²) >= 11 is 5.94. The standard InChI is InChI=1S/C15H12ClNO3/c1-9-6-7-10(8-12(9)15(19)20)17-14(18)11-4-2-3-5-13(11)16/h2-8H,1H3,(H,17,18)(H,19,20). The third kappa shape index (κ3) is 2.97. The van der Waals surface area contributed by atoms with Crippen molar-refractivity contribution in [2.75, 3.05) is 5.32 Å². The lowest BCUT2D eigenvalue weighted by Crippen LogP contribution is -2.13. The minimum absolute atomic E-state index is 0.155. The molecule has 0 bridgehead atoms. The molecule has 0 aliphatic heterocycles. The van der Waals surface area contributed by atoms with E-state index in [9.17, 15) is 9.59 Å². The van der Waals surface area contributed by atoms with Crippen molar-refractivity contribution >= 4 is 29.2 Å². The van der Waals surface area contributed by atoms with Crippen molar-refractivity contribution in [3.63, 3.8) is 0 Å². The Morgan fingerprint density at radius 1 is 1.10 bits per heavy atom. The number of anilines is 1. The van der Waals surface area contributed by atoms with Crippen LogP contribution in [0.25, 0.3) is 0 Å². The first-order valence-corrected chi connectivity index (χ1v) is 6.26. The number of rotatable bonds is 3. The number of carboxylic acid groups (broad SMARTS) is 1. The quantitative estimate of drug-likeness (QED) is 0.907. The zero-order valence-corrected chi connectivity index (χ0v) is 11.4. The van der Waals surface area contributed by atoms with Crippen LogP contribution in [0.4, 0.5) is 5.69 Å². The average Bonchev–Trinajstić information content (AvgIpc) is 2.41. The highest BCUT2D eigenvalue weighted by molar-refractivity contribution is 6.34. The van der Waals surface area contributed by atoms with Crippen molar-refractivity contribution in [2.24, 2.45) is 0 Å². The van der Waals surface area contributed by atoms with Crippen molar-refractivity contribution in [2.45, 2.75) is 6.92 Å². The molecule has 0 saturated heterocycles. The number of aromatic carboxylic acids is 1. The number of hydrogen-bond acceptors (Lipinski definition) is 2. The molecule has 0 heterocycles. The predicted molar refractivity (Wildman–Crippen MR) is 77.5 cm³/mol. The number of aryl methyl sites for hydroxylation is 1. The molecule has 0 saturated carbocycles. The Kier molecular flexibility index (Phi) is 4.05. The molecule has 0 atom stereocenters. The van der Waals surface area contributed by atoms with E-state index < -0.39 is 5.97 Å². The van der Waals surface area contributed by atoms with Gasteiger partial charge in [0.1, 0.15) is 0 Å². The zero-order chi connectivity index (χ0) is 14.7. The van der Waals surface area contributed by atoms with Crippen molar-refractivity contribution in [3.05, 3.63) is 64.2 Å². The van der Waals surface area contributed by atoms with Crippen LogP contribution in [0, 0.1) is 6.92 Å². The Bertz CT molecular complexity index is 683. The van der Waals surface area contributed by atoms with E-state index in [1.54, 1.807) is 43.3 Å². The van der Waals surface area contributed by atoms with Gasteiger partial charge in [0.15, 0.2) is 0 Å². The van der Waals surface area contributed by atoms with Gasteiger partial charge in [0.2, 0.25) is 0 Å². The van der Waals surface area contributed by atoms with Crippen LogP contribution in [0.2, 0.25) is 5.02 Å². The number of carboxylic acids is 1. The highest BCUT2D eigenvalue weighted by atomic mass is 35.5. The molecule has 0 unspecified atom stereocenters. The van der Waals surface area contributed by atoms with Gasteiger partial charge in [-0.25, -0.2) is 4.79 Å². The molecule has 2 aromatic carbocycles. The molecule has 102 valence electrons. The first-order chi connectivity index (χ1) is 9.49. The van der Waals surface area contributed by atoms with Crippen molar-refractivity contribution < 1.29 is 14.7 Å². The summed E-state index contributed by atoms with van der Waals surface area (Å²) in [6, 6.07) is 11.4. The van der Waals surface area contributed by atoms with Gasteiger partial charge in [0, 0.05) is 5.69 Å². The van der Waals surface area contributed by atoms with Crippen molar-refractivity contribution in [1.82, 2.24) is 0 Å². The smallest absolute Gasteiger partial charge is 0.336 e. The summed E-state index contributed by atoms with van der Waals surface area (Å²) in [4.78, 5) is 23.1. The van der Waals surface area contributed by atoms with Crippen molar-refractivity contribution in [3.8, 4) is 0 Å². The van der Waals surface area contributed by atoms with Gasteiger partial charge < -0.3 is 10.4 Å². The molecule has 0 aliphatic carbocycles. The number of halogens is 1. The molecule has 0 aliphatic rings. The van der Waals surface area contributed by atoms with Gasteiger partial charge >= 0.3 is 5.97 Å². The number of carbonyl (C=O) groups excluding carboxylic acids is 1. The molecule has 0 radical (unpaired) electrons. The molecule has 1 amide bonds. The predicted octanol–water partition coefficient (Wildman–Crippen LogP) is 3.60. The molecule has 5 heteroatoms. The lowest BCUT2D eigenvalue weighted by molar-refractivity contribution is 0.0695. The van der Waals surface area contributed by atoms with Gasteiger partial charge in [0.05, 0.1) is 16.1 Å². The largest absolute Gasteiger partial charge is 0.478 e. The SMILES string of the molecule is Cc1ccc(NC(=O)c2ccccc2Cl)cc1C(=O)O. The van der Waals surface area contributed by atoms with Crippen LogP contribution in [0.1, 0.15) is 26.3 Å². The molecular weight excluding hydrogens is 278 g/mol. The van der Waals surface area contributed by atoms with Gasteiger partial charge in [0.25, 0.3) is 5.91 Å². The second kappa shape index (κ2) is 5.75. The molecule has 0 fully saturated rings. The third-order valence-electron chi connectivity index (χ3n) is 2.84. The maximum atomic E-state index is 12.1. The second-order valence-electron chi connectivity index (χ2n) is 4.27. The first-order valence-electron chi connectivity index (χ1n) is 5.89. The fourth-order valence-corrected chi connectivity index (χ4v) is 2.00. The number of amides is 1. The van der Waals surface area contributed by atoms with Gasteiger partial charge in [-0.1, -0.05) is 29.8 Å². The average molecular weight is 290 g/mol. The maximum absolute atomic E-state index is 12.1. The summed E-state index contributed by atoms with van der Waals surface area (Å²) in [5.41, 5.74) is 1.54. The van der Waals surface area contributed by atoms with E-state index in [0.717, 1.165) is 0 Å². The lowest BCUT2D eigenvalue weighted by Gasteiger charge is -2.08. The van der Waals surface area contributed by atoms with Gasteiger partial charge in [-0.2, -0.15) is 0 Å². The number of hydrogen-bond donors (Lipinski definition) is 2. The van der Waals surface area contributed by atoms with Crippen LogP contribution in [0.3, 0.4) is 0 Å². The molecule has 0 aromatic heterocycles. The summed E-state index contributed by atoms with van der Waals surface area (Å²) in [6.45, 7) is 1.70. The minimum Gasteiger partial charge on any atom is -0.478 e. The Balaban J connectivity index is 2.27. The van der Waals surface area contributed by atoms with E-state index >= 15 is 0 Å². The Morgan fingerprint density at radius 2 is 1.80 bits per heavy atom. The molecular formula is C15H12ClNO3. The Morgan fingerprint density at radius 3 is 2.45 bits per heavy atom. The van der Waals surface area contributed by atoms with E-state index in [4.69, 9.17) is 16.7 Å². The van der Waals surface area contributed by atoms with Crippen LogP contribution >= 0.6 is 11.6 Å². The van der Waals surface area contributed by atoms with E-state index in [1.807, 2.05) is 0 Å². The van der Waals surface area contributed by atoms with Crippen LogP contribution in [0.5, 0.6) is 0 Å². The van der Waals surface area contributed by atoms with Crippen LogP contribution in [-0.4, -0.2) is 17.0 Å². The lowest BCUT2D eigenvalue weighted by atomic mass is 10.1. The fourth-order valence-electron chi connectivity index (χ4n) is 1.77. The minimum atomic E-state index is -1.03. The normalized spacial score (nSPS) is 10.1. The van der Waals surface area contributed by atoms with E-state index in [0.29, 0.717) is 21.8 Å². The highest BCUT2D eigenvalue weighted by Gasteiger charge is 2.12. The molecule has 4 nitrogen and oxygen atoms in total. The summed E-state index contributed by atoms with van der Waals surface area (Å²) in [5, 5.41) is 12.0. The van der Waals surface area contributed by atoms with Crippen molar-refractivity contribution in [1.29, 1.82) is 0 Å². The van der Waals surface area contributed by atoms with E-state index in [2.05, 4.69) is 5.32 Å². The molecule has 0 spiro atoms.